The molecule has 0 spiro atoms. The second-order valence-electron chi connectivity index (χ2n) is 6.33. The van der Waals surface area contributed by atoms with Crippen LogP contribution in [0.25, 0.3) is 0 Å². The van der Waals surface area contributed by atoms with Crippen LogP contribution < -0.4 is 5.32 Å². The fraction of sp³-hybridized carbons (Fsp3) is 0.733. The molecule has 21 heavy (non-hydrogen) atoms. The van der Waals surface area contributed by atoms with E-state index in [-0.39, 0.29) is 11.4 Å². The largest absolute Gasteiger partial charge is 0.383 e. The summed E-state index contributed by atoms with van der Waals surface area (Å²) in [6, 6.07) is 0.311. The van der Waals surface area contributed by atoms with Crippen molar-refractivity contribution in [1.82, 2.24) is 19.8 Å². The highest BCUT2D eigenvalue weighted by atomic mass is 16.5. The van der Waals surface area contributed by atoms with Crippen LogP contribution in [0.1, 0.15) is 43.7 Å². The summed E-state index contributed by atoms with van der Waals surface area (Å²) in [6.07, 6.45) is 4.47. The van der Waals surface area contributed by atoms with Crippen LogP contribution in [-0.4, -0.2) is 59.2 Å². The fourth-order valence-electron chi connectivity index (χ4n) is 2.64. The first kappa shape index (κ1) is 16.0. The first-order chi connectivity index (χ1) is 9.93. The number of methoxy groups -OCH3 is 1. The Labute approximate surface area is 126 Å². The Kier molecular flexibility index (Phi) is 5.00. The predicted molar refractivity (Wildman–Crippen MR) is 81.4 cm³/mol. The second kappa shape index (κ2) is 6.58. The number of ether oxygens (including phenoxy) is 1. The van der Waals surface area contributed by atoms with Crippen molar-refractivity contribution in [3.63, 3.8) is 0 Å². The van der Waals surface area contributed by atoms with Crippen LogP contribution in [0.3, 0.4) is 0 Å². The highest BCUT2D eigenvalue weighted by Gasteiger charge is 2.35. The number of carbonyl (C=O) groups excluding carboxylic acids is 1. The van der Waals surface area contributed by atoms with Crippen molar-refractivity contribution in [3.05, 3.63) is 18.2 Å². The summed E-state index contributed by atoms with van der Waals surface area (Å²) in [7, 11) is 1.71. The number of nitrogens with zero attached hydrogens (tertiary/aromatic N) is 3. The summed E-state index contributed by atoms with van der Waals surface area (Å²) in [4.78, 5) is 18.8. The minimum absolute atomic E-state index is 0.0921. The molecule has 2 rings (SSSR count). The van der Waals surface area contributed by atoms with Crippen LogP contribution in [0.4, 0.5) is 0 Å². The Morgan fingerprint density at radius 3 is 2.95 bits per heavy atom. The molecule has 1 fully saturated rings. The third-order valence-corrected chi connectivity index (χ3v) is 4.01. The monoisotopic (exact) mass is 294 g/mol. The molecule has 1 N–H and O–H groups in total. The summed E-state index contributed by atoms with van der Waals surface area (Å²) in [5.74, 6) is -0.0921. The van der Waals surface area contributed by atoms with E-state index >= 15 is 0 Å². The molecular formula is C15H26N4O2. The Morgan fingerprint density at radius 1 is 1.57 bits per heavy atom. The third kappa shape index (κ3) is 4.04. The van der Waals surface area contributed by atoms with E-state index in [1.165, 1.54) is 0 Å². The average Bonchev–Trinajstić information content (AvgIpc) is 3.03. The third-order valence-electron chi connectivity index (χ3n) is 4.01. The molecule has 0 aliphatic carbocycles. The number of rotatable bonds is 6. The van der Waals surface area contributed by atoms with Crippen molar-refractivity contribution in [2.75, 3.05) is 33.4 Å². The van der Waals surface area contributed by atoms with Crippen LogP contribution in [0.5, 0.6) is 0 Å². The minimum atomic E-state index is -0.188. The molecule has 1 aliphatic heterocycles. The molecule has 0 aromatic carbocycles. The number of hydrogen-bond donors (Lipinski definition) is 1. The zero-order valence-corrected chi connectivity index (χ0v) is 13.4. The number of nitrogens with one attached hydrogen (secondary N) is 1. The summed E-state index contributed by atoms with van der Waals surface area (Å²) in [5, 5.41) is 3.13. The first-order valence-corrected chi connectivity index (χ1v) is 7.51. The standard InChI is InChI=1S/C15H26N4O2/c1-12(2)19-9-13(16-11-19)14(20)17-15(3)5-6-18(10-15)7-8-21-4/h9,11-12H,5-8,10H2,1-4H3,(H,17,20). The second-order valence-corrected chi connectivity index (χ2v) is 6.33. The van der Waals surface area contributed by atoms with Gasteiger partial charge in [-0.25, -0.2) is 4.98 Å². The van der Waals surface area contributed by atoms with E-state index in [9.17, 15) is 4.79 Å². The van der Waals surface area contributed by atoms with E-state index in [4.69, 9.17) is 4.74 Å². The molecule has 1 amide bonds. The van der Waals surface area contributed by atoms with Gasteiger partial charge in [-0.2, -0.15) is 0 Å². The van der Waals surface area contributed by atoms with E-state index in [1.54, 1.807) is 19.6 Å². The SMILES string of the molecule is COCCN1CCC(C)(NC(=O)c2cn(C(C)C)cn2)C1. The average molecular weight is 294 g/mol. The lowest BCUT2D eigenvalue weighted by Crippen LogP contribution is -2.48. The first-order valence-electron chi connectivity index (χ1n) is 7.51. The summed E-state index contributed by atoms with van der Waals surface area (Å²) in [5.41, 5.74) is 0.298. The van der Waals surface area contributed by atoms with Crippen molar-refractivity contribution in [2.24, 2.45) is 0 Å². The normalized spacial score (nSPS) is 22.9. The molecule has 1 aromatic rings. The number of amides is 1. The van der Waals surface area contributed by atoms with E-state index in [0.717, 1.165) is 32.7 Å². The van der Waals surface area contributed by atoms with Crippen molar-refractivity contribution in [3.8, 4) is 0 Å². The molecular weight excluding hydrogens is 268 g/mol. The number of hydrogen-bond acceptors (Lipinski definition) is 4. The number of likely N-dealkylation sites (tertiary alicyclic amines) is 1. The number of aromatic nitrogens is 2. The van der Waals surface area contributed by atoms with Gasteiger partial charge in [0, 0.05) is 39.0 Å². The maximum Gasteiger partial charge on any atom is 0.271 e. The van der Waals surface area contributed by atoms with Gasteiger partial charge in [-0.15, -0.1) is 0 Å². The highest BCUT2D eigenvalue weighted by Crippen LogP contribution is 2.21. The van der Waals surface area contributed by atoms with Gasteiger partial charge in [-0.1, -0.05) is 0 Å². The van der Waals surface area contributed by atoms with E-state index < -0.39 is 0 Å². The lowest BCUT2D eigenvalue weighted by Gasteiger charge is -2.25. The van der Waals surface area contributed by atoms with Gasteiger partial charge in [0.1, 0.15) is 5.69 Å². The maximum atomic E-state index is 12.3. The minimum Gasteiger partial charge on any atom is -0.383 e. The Morgan fingerprint density at radius 2 is 2.33 bits per heavy atom. The van der Waals surface area contributed by atoms with Crippen molar-refractivity contribution >= 4 is 5.91 Å². The molecule has 118 valence electrons. The van der Waals surface area contributed by atoms with Crippen LogP contribution >= 0.6 is 0 Å². The molecule has 1 aromatic heterocycles. The molecule has 0 radical (unpaired) electrons. The zero-order valence-electron chi connectivity index (χ0n) is 13.4. The topological polar surface area (TPSA) is 59.4 Å². The molecule has 1 atom stereocenters. The van der Waals surface area contributed by atoms with Gasteiger partial charge in [0.15, 0.2) is 0 Å². The van der Waals surface area contributed by atoms with Crippen LogP contribution in [0.15, 0.2) is 12.5 Å². The molecule has 1 saturated heterocycles. The van der Waals surface area contributed by atoms with Gasteiger partial charge < -0.3 is 14.6 Å². The number of imidazole rings is 1. The Hall–Kier alpha value is -1.40. The fourth-order valence-corrected chi connectivity index (χ4v) is 2.64. The Bertz CT molecular complexity index is 486. The van der Waals surface area contributed by atoms with Gasteiger partial charge in [-0.05, 0) is 27.2 Å². The van der Waals surface area contributed by atoms with Crippen molar-refractivity contribution in [1.29, 1.82) is 0 Å². The molecule has 6 heteroatoms. The molecule has 6 nitrogen and oxygen atoms in total. The van der Waals surface area contributed by atoms with Gasteiger partial charge in [0.2, 0.25) is 0 Å². The van der Waals surface area contributed by atoms with Crippen molar-refractivity contribution in [2.45, 2.75) is 38.8 Å². The molecule has 0 saturated carbocycles. The summed E-state index contributed by atoms with van der Waals surface area (Å²) in [6.45, 7) is 9.70. The highest BCUT2D eigenvalue weighted by molar-refractivity contribution is 5.92. The number of carbonyl (C=O) groups is 1. The summed E-state index contributed by atoms with van der Waals surface area (Å²) >= 11 is 0. The Balaban J connectivity index is 1.92. The zero-order chi connectivity index (χ0) is 15.5. The van der Waals surface area contributed by atoms with E-state index in [0.29, 0.717) is 11.7 Å². The summed E-state index contributed by atoms with van der Waals surface area (Å²) < 4.78 is 7.05. The quantitative estimate of drug-likeness (QED) is 0.859. The van der Waals surface area contributed by atoms with E-state index in [2.05, 4.69) is 36.0 Å². The van der Waals surface area contributed by atoms with Gasteiger partial charge in [0.25, 0.3) is 5.91 Å². The molecule has 0 bridgehead atoms. The predicted octanol–water partition coefficient (Wildman–Crippen LogP) is 1.30. The molecule has 1 aliphatic rings. The maximum absolute atomic E-state index is 12.3. The smallest absolute Gasteiger partial charge is 0.271 e. The van der Waals surface area contributed by atoms with Crippen LogP contribution in [0, 0.1) is 0 Å². The molecule has 1 unspecified atom stereocenters. The van der Waals surface area contributed by atoms with E-state index in [1.807, 2.05) is 4.57 Å². The van der Waals surface area contributed by atoms with Gasteiger partial charge in [0.05, 0.1) is 18.5 Å². The van der Waals surface area contributed by atoms with Gasteiger partial charge >= 0.3 is 0 Å². The van der Waals surface area contributed by atoms with Crippen molar-refractivity contribution < 1.29 is 9.53 Å². The van der Waals surface area contributed by atoms with Crippen LogP contribution in [0.2, 0.25) is 0 Å². The lowest BCUT2D eigenvalue weighted by molar-refractivity contribution is 0.0900. The lowest BCUT2D eigenvalue weighted by atomic mass is 10.0. The van der Waals surface area contributed by atoms with Gasteiger partial charge in [-0.3, -0.25) is 9.69 Å². The van der Waals surface area contributed by atoms with Crippen LogP contribution in [-0.2, 0) is 4.74 Å². The molecule has 2 heterocycles.